The third-order valence-corrected chi connectivity index (χ3v) is 3.66. The van der Waals surface area contributed by atoms with Crippen LogP contribution < -0.4 is 5.73 Å². The maximum absolute atomic E-state index is 5.22. The molecule has 2 rings (SSSR count). The maximum atomic E-state index is 5.22. The van der Waals surface area contributed by atoms with Crippen LogP contribution in [-0.2, 0) is 0 Å². The van der Waals surface area contributed by atoms with Crippen LogP contribution >= 0.6 is 0 Å². The summed E-state index contributed by atoms with van der Waals surface area (Å²) in [5, 5.41) is 0. The minimum atomic E-state index is 0. The van der Waals surface area contributed by atoms with Crippen LogP contribution in [0.4, 0.5) is 0 Å². The molecular weight excluding hydrogens is 158 g/mol. The summed E-state index contributed by atoms with van der Waals surface area (Å²) in [7, 11) is 0. The van der Waals surface area contributed by atoms with Crippen molar-refractivity contribution in [1.82, 2.24) is 0 Å². The van der Waals surface area contributed by atoms with E-state index in [0.717, 1.165) is 5.92 Å². The van der Waals surface area contributed by atoms with E-state index in [-0.39, 0.29) is 1.43 Å². The average molecular weight is 185 g/mol. The summed E-state index contributed by atoms with van der Waals surface area (Å²) >= 11 is 0. The van der Waals surface area contributed by atoms with Crippen molar-refractivity contribution in [3.8, 4) is 0 Å². The molecule has 1 unspecified atom stereocenters. The van der Waals surface area contributed by atoms with Crippen molar-refractivity contribution in [3.05, 3.63) is 0 Å². The van der Waals surface area contributed by atoms with Gasteiger partial charge in [0.25, 0.3) is 0 Å². The first-order valence-electron chi connectivity index (χ1n) is 5.78. The first-order chi connectivity index (χ1) is 6.02. The van der Waals surface area contributed by atoms with E-state index in [1.807, 2.05) is 0 Å². The fourth-order valence-corrected chi connectivity index (χ4v) is 1.76. The fraction of sp³-hybridized carbons (Fsp3) is 1.00. The molecule has 0 saturated heterocycles. The first-order valence-corrected chi connectivity index (χ1v) is 5.78. The molecule has 0 radical (unpaired) electrons. The number of hydrogen-bond acceptors (Lipinski definition) is 1. The van der Waals surface area contributed by atoms with E-state index in [2.05, 4.69) is 20.8 Å². The van der Waals surface area contributed by atoms with Crippen molar-refractivity contribution >= 4 is 0 Å². The molecule has 0 aromatic rings. The molecule has 1 nitrogen and oxygen atoms in total. The molecule has 2 aliphatic rings. The highest BCUT2D eigenvalue weighted by Gasteiger charge is 2.27. The van der Waals surface area contributed by atoms with Gasteiger partial charge in [0.15, 0.2) is 0 Å². The van der Waals surface area contributed by atoms with Crippen molar-refractivity contribution < 1.29 is 1.43 Å². The highest BCUT2D eigenvalue weighted by molar-refractivity contribution is 4.79. The second-order valence-electron chi connectivity index (χ2n) is 5.47. The number of nitrogens with two attached hydrogens (primary N) is 1. The SMILES string of the molecule is CC1CCCCC1(C)C.NC1CC1.[HH]. The molecule has 2 N–H and O–H groups in total. The van der Waals surface area contributed by atoms with E-state index in [9.17, 15) is 0 Å². The Bertz CT molecular complexity index is 152. The van der Waals surface area contributed by atoms with Crippen molar-refractivity contribution in [2.75, 3.05) is 0 Å². The smallest absolute Gasteiger partial charge is 0.00399 e. The van der Waals surface area contributed by atoms with Crippen molar-refractivity contribution in [2.24, 2.45) is 17.1 Å². The quantitative estimate of drug-likeness (QED) is 0.613. The lowest BCUT2D eigenvalue weighted by molar-refractivity contribution is 0.154. The fourth-order valence-electron chi connectivity index (χ4n) is 1.76. The van der Waals surface area contributed by atoms with Gasteiger partial charge >= 0.3 is 0 Å². The zero-order chi connectivity index (χ0) is 9.90. The Morgan fingerprint density at radius 3 is 1.92 bits per heavy atom. The van der Waals surface area contributed by atoms with Gasteiger partial charge < -0.3 is 5.73 Å². The minimum Gasteiger partial charge on any atom is -0.328 e. The summed E-state index contributed by atoms with van der Waals surface area (Å²) < 4.78 is 0. The minimum absolute atomic E-state index is 0. The lowest BCUT2D eigenvalue weighted by Gasteiger charge is -2.36. The summed E-state index contributed by atoms with van der Waals surface area (Å²) in [6.07, 6.45) is 8.34. The van der Waals surface area contributed by atoms with Gasteiger partial charge in [-0.3, -0.25) is 0 Å². The van der Waals surface area contributed by atoms with Crippen LogP contribution in [0.2, 0.25) is 0 Å². The predicted octanol–water partition coefficient (Wildman–Crippen LogP) is 3.58. The van der Waals surface area contributed by atoms with Gasteiger partial charge in [0.1, 0.15) is 0 Å². The highest BCUT2D eigenvalue weighted by atomic mass is 14.7. The van der Waals surface area contributed by atoms with Gasteiger partial charge in [-0.25, -0.2) is 0 Å². The molecule has 2 saturated carbocycles. The van der Waals surface area contributed by atoms with Crippen LogP contribution in [0.25, 0.3) is 0 Å². The Kier molecular flexibility index (Phi) is 3.78. The molecule has 0 spiro atoms. The maximum Gasteiger partial charge on any atom is 0.00399 e. The standard InChI is InChI=1S/C9H18.C3H7N.H2/c1-8-6-4-5-7-9(8,2)3;4-3-1-2-3;/h8H,4-7H2,1-3H3;3H,1-2,4H2;1H. The molecule has 0 aromatic heterocycles. The van der Waals surface area contributed by atoms with Crippen molar-refractivity contribution in [2.45, 2.75) is 65.3 Å². The summed E-state index contributed by atoms with van der Waals surface area (Å²) in [5.41, 5.74) is 5.86. The van der Waals surface area contributed by atoms with Crippen LogP contribution in [0.5, 0.6) is 0 Å². The second-order valence-corrected chi connectivity index (χ2v) is 5.47. The van der Waals surface area contributed by atoms with E-state index >= 15 is 0 Å². The predicted molar refractivity (Wildman–Crippen MR) is 60.7 cm³/mol. The van der Waals surface area contributed by atoms with E-state index in [1.165, 1.54) is 38.5 Å². The van der Waals surface area contributed by atoms with Crippen LogP contribution in [0.15, 0.2) is 0 Å². The average Bonchev–Trinajstić information content (AvgIpc) is 2.80. The van der Waals surface area contributed by atoms with Crippen LogP contribution in [0, 0.1) is 11.3 Å². The number of hydrogen-bond donors (Lipinski definition) is 1. The largest absolute Gasteiger partial charge is 0.328 e. The molecule has 1 atom stereocenters. The molecule has 0 aromatic carbocycles. The van der Waals surface area contributed by atoms with Gasteiger partial charge in [-0.15, -0.1) is 0 Å². The first kappa shape index (κ1) is 11.0. The zero-order valence-electron chi connectivity index (χ0n) is 9.47. The second kappa shape index (κ2) is 4.45. The summed E-state index contributed by atoms with van der Waals surface area (Å²) in [5.74, 6) is 0.950. The van der Waals surface area contributed by atoms with Gasteiger partial charge in [-0.2, -0.15) is 0 Å². The molecular formula is C12H27N. The molecule has 2 fully saturated rings. The van der Waals surface area contributed by atoms with Crippen molar-refractivity contribution in [3.63, 3.8) is 0 Å². The molecule has 13 heavy (non-hydrogen) atoms. The third-order valence-electron chi connectivity index (χ3n) is 3.66. The van der Waals surface area contributed by atoms with Gasteiger partial charge in [0.05, 0.1) is 0 Å². The van der Waals surface area contributed by atoms with E-state index in [0.29, 0.717) is 11.5 Å². The summed E-state index contributed by atoms with van der Waals surface area (Å²) in [4.78, 5) is 0. The number of rotatable bonds is 0. The van der Waals surface area contributed by atoms with Gasteiger partial charge in [0.2, 0.25) is 0 Å². The Morgan fingerprint density at radius 2 is 1.69 bits per heavy atom. The molecule has 2 aliphatic carbocycles. The molecule has 0 aliphatic heterocycles. The monoisotopic (exact) mass is 185 g/mol. The molecule has 1 heteroatoms. The lowest BCUT2D eigenvalue weighted by Crippen LogP contribution is -2.24. The molecule has 0 amide bonds. The topological polar surface area (TPSA) is 26.0 Å². The van der Waals surface area contributed by atoms with Gasteiger partial charge in [-0.05, 0) is 30.6 Å². The lowest BCUT2D eigenvalue weighted by atomic mass is 9.70. The summed E-state index contributed by atoms with van der Waals surface area (Å²) in [6.45, 7) is 7.19. The van der Waals surface area contributed by atoms with E-state index < -0.39 is 0 Å². The normalized spacial score (nSPS) is 31.8. The molecule has 80 valence electrons. The van der Waals surface area contributed by atoms with Crippen molar-refractivity contribution in [1.29, 1.82) is 0 Å². The Balaban J connectivity index is 0.000000286. The van der Waals surface area contributed by atoms with Gasteiger partial charge in [-0.1, -0.05) is 40.0 Å². The van der Waals surface area contributed by atoms with Gasteiger partial charge in [0, 0.05) is 7.47 Å². The zero-order valence-corrected chi connectivity index (χ0v) is 9.47. The Labute approximate surface area is 84.6 Å². The van der Waals surface area contributed by atoms with Crippen LogP contribution in [0.1, 0.15) is 60.7 Å². The highest BCUT2D eigenvalue weighted by Crippen LogP contribution is 2.39. The van der Waals surface area contributed by atoms with E-state index in [4.69, 9.17) is 5.73 Å². The molecule has 0 heterocycles. The van der Waals surface area contributed by atoms with Crippen LogP contribution in [-0.4, -0.2) is 6.04 Å². The summed E-state index contributed by atoms with van der Waals surface area (Å²) in [6, 6.07) is 0.583. The Morgan fingerprint density at radius 1 is 1.15 bits per heavy atom. The molecule has 0 bridgehead atoms. The van der Waals surface area contributed by atoms with E-state index in [1.54, 1.807) is 0 Å². The Hall–Kier alpha value is -0.0400. The third kappa shape index (κ3) is 4.12. The van der Waals surface area contributed by atoms with Crippen LogP contribution in [0.3, 0.4) is 0 Å².